The Kier molecular flexibility index (Phi) is 4.57. The van der Waals surface area contributed by atoms with Crippen LogP contribution in [0.15, 0.2) is 46.8 Å². The van der Waals surface area contributed by atoms with Gasteiger partial charge in [0.1, 0.15) is 22.6 Å². The van der Waals surface area contributed by atoms with Crippen molar-refractivity contribution in [2.45, 2.75) is 0 Å². The molecule has 0 aromatic heterocycles. The molecule has 2 N–H and O–H groups in total. The lowest BCUT2D eigenvalue weighted by atomic mass is 10.2. The molecule has 0 spiro atoms. The highest BCUT2D eigenvalue weighted by atomic mass is 79.9. The average molecular weight is 388 g/mol. The Balaban J connectivity index is 0.000000280. The third kappa shape index (κ3) is 5.30. The van der Waals surface area contributed by atoms with Gasteiger partial charge < -0.3 is 19.7 Å². The number of carbonyl (C=O) groups is 2. The number of ether oxygens (including phenoxy) is 2. The second-order valence-electron chi connectivity index (χ2n) is 3.79. The molecule has 122 valence electrons. The highest BCUT2D eigenvalue weighted by Gasteiger charge is 2.10. The Morgan fingerprint density at radius 1 is 1.00 bits per heavy atom. The van der Waals surface area contributed by atoms with Gasteiger partial charge in [0.15, 0.2) is 0 Å². The van der Waals surface area contributed by atoms with Crippen LogP contribution in [0.25, 0.3) is 0 Å². The Hall–Kier alpha value is -2.54. The van der Waals surface area contributed by atoms with Crippen LogP contribution in [-0.4, -0.2) is 36.4 Å². The lowest BCUT2D eigenvalue weighted by Gasteiger charge is -2.01. The van der Waals surface area contributed by atoms with E-state index in [-0.39, 0.29) is 27.7 Å². The van der Waals surface area contributed by atoms with Crippen molar-refractivity contribution in [1.82, 2.24) is 0 Å². The number of halogens is 1. The molecule has 0 saturated carbocycles. The number of para-hydroxylation sites is 1. The third-order valence-corrected chi connectivity index (χ3v) is 2.79. The summed E-state index contributed by atoms with van der Waals surface area (Å²) in [6.45, 7) is 0. The summed E-state index contributed by atoms with van der Waals surface area (Å²) in [6.07, 6.45) is 0. The van der Waals surface area contributed by atoms with E-state index < -0.39 is 41.6 Å². The van der Waals surface area contributed by atoms with Crippen LogP contribution in [-0.2, 0) is 9.47 Å². The molecule has 23 heavy (non-hydrogen) atoms. The van der Waals surface area contributed by atoms with Crippen molar-refractivity contribution in [2.75, 3.05) is 14.2 Å². The van der Waals surface area contributed by atoms with E-state index in [2.05, 4.69) is 25.4 Å². The fraction of sp³-hybridized carbons (Fsp3) is 0.125. The van der Waals surface area contributed by atoms with Gasteiger partial charge in [-0.1, -0.05) is 28.0 Å². The lowest BCUT2D eigenvalue weighted by Crippen LogP contribution is -2.01. The summed E-state index contributed by atoms with van der Waals surface area (Å²) in [5.74, 6) is -2.73. The number of rotatable bonds is 2. The minimum atomic E-state index is -0.829. The zero-order valence-electron chi connectivity index (χ0n) is 17.1. The number of benzene rings is 2. The number of hydrogen-bond donors (Lipinski definition) is 2. The summed E-state index contributed by atoms with van der Waals surface area (Å²) < 4.78 is 45.3. The van der Waals surface area contributed by atoms with Crippen LogP contribution in [0.5, 0.6) is 11.5 Å². The molecule has 0 aliphatic heterocycles. The maximum atomic E-state index is 11.1. The van der Waals surface area contributed by atoms with E-state index in [1.165, 1.54) is 13.2 Å². The van der Waals surface area contributed by atoms with Gasteiger partial charge in [0, 0.05) is 4.47 Å². The van der Waals surface area contributed by atoms with Crippen molar-refractivity contribution in [3.05, 3.63) is 57.9 Å². The molecule has 0 radical (unpaired) electrons. The third-order valence-electron chi connectivity index (χ3n) is 2.36. The van der Waals surface area contributed by atoms with Gasteiger partial charge in [-0.15, -0.1) is 0 Å². The first-order valence-corrected chi connectivity index (χ1v) is 6.72. The van der Waals surface area contributed by atoms with Gasteiger partial charge in [0.05, 0.1) is 21.1 Å². The van der Waals surface area contributed by atoms with Gasteiger partial charge in [-0.2, -0.15) is 0 Å². The van der Waals surface area contributed by atoms with Crippen molar-refractivity contribution in [3.63, 3.8) is 0 Å². The van der Waals surface area contributed by atoms with Crippen LogP contribution in [0.1, 0.15) is 27.6 Å². The molecular formula is C16H15BrO6. The zero-order valence-corrected chi connectivity index (χ0v) is 13.6. The number of hydrogen-bond acceptors (Lipinski definition) is 6. The molecule has 7 heteroatoms. The van der Waals surface area contributed by atoms with E-state index in [0.29, 0.717) is 0 Å². The molecule has 2 aromatic carbocycles. The normalized spacial score (nSPS) is 12.4. The maximum Gasteiger partial charge on any atom is 0.341 e. The summed E-state index contributed by atoms with van der Waals surface area (Å²) in [7, 11) is 2.30. The summed E-state index contributed by atoms with van der Waals surface area (Å²) in [6, 6.07) is 0.416. The number of aromatic hydroxyl groups is 2. The molecule has 0 aliphatic rings. The van der Waals surface area contributed by atoms with E-state index in [4.69, 9.17) is 6.85 Å². The van der Waals surface area contributed by atoms with E-state index in [0.717, 1.165) is 13.2 Å². The predicted molar refractivity (Wildman–Crippen MR) is 86.6 cm³/mol. The first-order valence-electron chi connectivity index (χ1n) is 8.42. The molecule has 0 amide bonds. The Morgan fingerprint density at radius 3 is 2.17 bits per heavy atom. The SMILES string of the molecule is [2H]c1c(Br)cc(C(=O)OC)c(O)c1[2H].[2H]c1cc(C(=O)OC)c(O)c([2H])c1[2H]. The molecular weight excluding hydrogens is 368 g/mol. The topological polar surface area (TPSA) is 93.1 Å². The van der Waals surface area contributed by atoms with Crippen LogP contribution in [0.3, 0.4) is 0 Å². The van der Waals surface area contributed by atoms with Crippen LogP contribution in [0.2, 0.25) is 0 Å². The van der Waals surface area contributed by atoms with E-state index in [1.54, 1.807) is 0 Å². The maximum absolute atomic E-state index is 11.1. The largest absolute Gasteiger partial charge is 0.507 e. The quantitative estimate of drug-likeness (QED) is 0.768. The molecule has 0 atom stereocenters. The van der Waals surface area contributed by atoms with Gasteiger partial charge in [0.2, 0.25) is 0 Å². The molecule has 6 nitrogen and oxygen atoms in total. The molecule has 2 rings (SSSR count). The van der Waals surface area contributed by atoms with Crippen LogP contribution < -0.4 is 0 Å². The summed E-state index contributed by atoms with van der Waals surface area (Å²) in [4.78, 5) is 22.1. The first kappa shape index (κ1) is 12.0. The molecule has 0 saturated heterocycles. The molecule has 0 heterocycles. The number of phenols is 2. The van der Waals surface area contributed by atoms with Crippen LogP contribution in [0.4, 0.5) is 0 Å². The fourth-order valence-electron chi connectivity index (χ4n) is 1.29. The Labute approximate surface area is 148 Å². The smallest absolute Gasteiger partial charge is 0.341 e. The van der Waals surface area contributed by atoms with Gasteiger partial charge in [-0.25, -0.2) is 9.59 Å². The number of methoxy groups -OCH3 is 2. The van der Waals surface area contributed by atoms with E-state index in [9.17, 15) is 19.8 Å². The monoisotopic (exact) mass is 387 g/mol. The zero-order chi connectivity index (χ0) is 21.8. The van der Waals surface area contributed by atoms with E-state index >= 15 is 0 Å². The molecule has 2 aromatic rings. The summed E-state index contributed by atoms with van der Waals surface area (Å²) in [5.41, 5.74) is -0.390. The van der Waals surface area contributed by atoms with Gasteiger partial charge >= 0.3 is 11.9 Å². The average Bonchev–Trinajstić information content (AvgIpc) is 2.69. The second-order valence-corrected chi connectivity index (χ2v) is 4.64. The minimum Gasteiger partial charge on any atom is -0.507 e. The van der Waals surface area contributed by atoms with Crippen molar-refractivity contribution >= 4 is 27.9 Å². The molecule has 0 bridgehead atoms. The van der Waals surface area contributed by atoms with Crippen LogP contribution >= 0.6 is 15.9 Å². The molecule has 0 fully saturated rings. The molecule has 0 aliphatic carbocycles. The van der Waals surface area contributed by atoms with E-state index in [1.807, 2.05) is 0 Å². The van der Waals surface area contributed by atoms with Crippen molar-refractivity contribution in [1.29, 1.82) is 0 Å². The fourth-order valence-corrected chi connectivity index (χ4v) is 1.62. The minimum absolute atomic E-state index is 0.125. The van der Waals surface area contributed by atoms with Crippen molar-refractivity contribution < 1.29 is 36.1 Å². The Morgan fingerprint density at radius 2 is 1.57 bits per heavy atom. The number of carbonyl (C=O) groups excluding carboxylic acids is 2. The lowest BCUT2D eigenvalue weighted by molar-refractivity contribution is 0.0588. The van der Waals surface area contributed by atoms with Crippen LogP contribution in [0, 0.1) is 0 Å². The highest BCUT2D eigenvalue weighted by molar-refractivity contribution is 9.10. The predicted octanol–water partition coefficient (Wildman–Crippen LogP) is 3.12. The first-order chi connectivity index (χ1) is 13.0. The Bertz CT molecular complexity index is 859. The van der Waals surface area contributed by atoms with Crippen molar-refractivity contribution in [2.24, 2.45) is 0 Å². The van der Waals surface area contributed by atoms with Gasteiger partial charge in [-0.05, 0) is 30.3 Å². The molecule has 0 unspecified atom stereocenters. The standard InChI is InChI=1S/C8H7BrO3.C8H8O3/c1-12-8(11)6-4-5(9)2-3-7(6)10;1-11-8(10)6-4-2-3-5-7(6)9/h2-4,10H,1H3;2-5,9H,1H3/i2D,3D;2D,3D,5D. The van der Waals surface area contributed by atoms with Crippen molar-refractivity contribution in [3.8, 4) is 11.5 Å². The van der Waals surface area contributed by atoms with Gasteiger partial charge in [0.25, 0.3) is 0 Å². The summed E-state index contributed by atoms with van der Waals surface area (Å²) >= 11 is 3.00. The van der Waals surface area contributed by atoms with Gasteiger partial charge in [-0.3, -0.25) is 0 Å². The highest BCUT2D eigenvalue weighted by Crippen LogP contribution is 2.22. The summed E-state index contributed by atoms with van der Waals surface area (Å²) in [5, 5.41) is 18.7. The number of phenolic OH excluding ortho intramolecular Hbond substituents is 2. The number of esters is 2. The second kappa shape index (κ2) is 8.79.